The summed E-state index contributed by atoms with van der Waals surface area (Å²) >= 11 is 0. The van der Waals surface area contributed by atoms with Gasteiger partial charge < -0.3 is 5.11 Å². The van der Waals surface area contributed by atoms with Crippen LogP contribution in [0.3, 0.4) is 0 Å². The Balaban J connectivity index is 2.64. The number of nitrogens with one attached hydrogen (secondary N) is 1. The number of carbonyl (C=O) groups is 2. The molecule has 0 heterocycles. The number of nitro groups is 1. The first-order chi connectivity index (χ1) is 8.52. The molecule has 3 amide bonds. The van der Waals surface area contributed by atoms with E-state index in [1.165, 1.54) is 24.3 Å². The first-order valence-corrected chi connectivity index (χ1v) is 4.76. The molecule has 8 heteroatoms. The maximum atomic E-state index is 11.0. The highest BCUT2D eigenvalue weighted by Crippen LogP contribution is 2.10. The van der Waals surface area contributed by atoms with E-state index in [1.807, 2.05) is 0 Å². The van der Waals surface area contributed by atoms with Crippen molar-refractivity contribution < 1.29 is 19.6 Å². The van der Waals surface area contributed by atoms with E-state index >= 15 is 0 Å². The number of hydrogen-bond donors (Lipinski definition) is 2. The van der Waals surface area contributed by atoms with Crippen LogP contribution in [0.1, 0.15) is 5.56 Å². The van der Waals surface area contributed by atoms with Gasteiger partial charge in [0.2, 0.25) is 0 Å². The molecule has 1 aromatic carbocycles. The number of hydrogen-bond acceptors (Lipinski definition) is 5. The second kappa shape index (κ2) is 6.21. The quantitative estimate of drug-likeness (QED) is 0.452. The number of carbonyl (C=O) groups excluding carboxylic acids is 2. The molecule has 0 bridgehead atoms. The Bertz CT molecular complexity index is 495. The third-order valence-electron chi connectivity index (χ3n) is 1.82. The molecule has 0 radical (unpaired) electrons. The molecule has 2 N–H and O–H groups in total. The predicted molar refractivity (Wildman–Crippen MR) is 61.3 cm³/mol. The number of aliphatic hydroxyl groups is 1. The minimum Gasteiger partial charge on any atom is -0.387 e. The van der Waals surface area contributed by atoms with E-state index in [4.69, 9.17) is 5.11 Å². The molecule has 8 nitrogen and oxygen atoms in total. The molecule has 18 heavy (non-hydrogen) atoms. The average molecular weight is 251 g/mol. The fourth-order valence-corrected chi connectivity index (χ4v) is 1.01. The number of nitrogens with zero attached hydrogens (tertiary/aromatic N) is 2. The summed E-state index contributed by atoms with van der Waals surface area (Å²) in [6, 6.07) is 4.41. The van der Waals surface area contributed by atoms with Gasteiger partial charge in [0.15, 0.2) is 0 Å². The summed E-state index contributed by atoms with van der Waals surface area (Å²) in [5.41, 5.74) is 0.388. The molecule has 0 saturated carbocycles. The van der Waals surface area contributed by atoms with Gasteiger partial charge in [0.25, 0.3) is 11.6 Å². The molecule has 0 saturated heterocycles. The summed E-state index contributed by atoms with van der Waals surface area (Å²) < 4.78 is 0. The van der Waals surface area contributed by atoms with Gasteiger partial charge >= 0.3 is 6.03 Å². The number of benzene rings is 1. The van der Waals surface area contributed by atoms with Gasteiger partial charge in [0.05, 0.1) is 4.92 Å². The van der Waals surface area contributed by atoms with Crippen LogP contribution < -0.4 is 5.32 Å². The Labute approximate surface area is 101 Å². The van der Waals surface area contributed by atoms with Gasteiger partial charge in [-0.15, -0.1) is 0 Å². The molecular weight excluding hydrogens is 242 g/mol. The highest BCUT2D eigenvalue weighted by atomic mass is 16.6. The third-order valence-corrected chi connectivity index (χ3v) is 1.82. The number of non-ortho nitro benzene ring substituents is 1. The van der Waals surface area contributed by atoms with E-state index in [0.29, 0.717) is 5.56 Å². The normalized spacial score (nSPS) is 10.3. The Hall–Kier alpha value is -2.61. The molecule has 0 aromatic heterocycles. The van der Waals surface area contributed by atoms with Crippen LogP contribution >= 0.6 is 0 Å². The topological polar surface area (TPSA) is 122 Å². The van der Waals surface area contributed by atoms with Crippen molar-refractivity contribution in [1.29, 1.82) is 0 Å². The highest BCUT2D eigenvalue weighted by molar-refractivity contribution is 5.99. The van der Waals surface area contributed by atoms with Crippen LogP contribution in [0.15, 0.2) is 29.3 Å². The fourth-order valence-electron chi connectivity index (χ4n) is 1.01. The molecule has 0 aliphatic rings. The van der Waals surface area contributed by atoms with Gasteiger partial charge in [-0.1, -0.05) is 0 Å². The number of imide groups is 1. The maximum Gasteiger partial charge on any atom is 0.347 e. The second-order valence-corrected chi connectivity index (χ2v) is 3.12. The predicted octanol–water partition coefficient (Wildman–Crippen LogP) is 0.242. The van der Waals surface area contributed by atoms with E-state index in [9.17, 15) is 19.7 Å². The van der Waals surface area contributed by atoms with Crippen LogP contribution in [0, 0.1) is 10.1 Å². The van der Waals surface area contributed by atoms with Crippen LogP contribution in [0.2, 0.25) is 0 Å². The van der Waals surface area contributed by atoms with Crippen LogP contribution in [-0.4, -0.2) is 34.8 Å². The molecule has 0 aliphatic heterocycles. The van der Waals surface area contributed by atoms with Gasteiger partial charge in [0.1, 0.15) is 6.61 Å². The van der Waals surface area contributed by atoms with Gasteiger partial charge in [-0.05, 0) is 17.7 Å². The van der Waals surface area contributed by atoms with E-state index < -0.39 is 23.5 Å². The van der Waals surface area contributed by atoms with Crippen molar-refractivity contribution in [1.82, 2.24) is 5.32 Å². The summed E-state index contributed by atoms with van der Waals surface area (Å²) in [6.07, 6.45) is 1.14. The van der Waals surface area contributed by atoms with Crippen molar-refractivity contribution >= 4 is 23.8 Å². The van der Waals surface area contributed by atoms with E-state index in [2.05, 4.69) is 4.99 Å². The van der Waals surface area contributed by atoms with Crippen molar-refractivity contribution in [2.45, 2.75) is 0 Å². The van der Waals surface area contributed by atoms with Crippen LogP contribution in [-0.2, 0) is 4.79 Å². The van der Waals surface area contributed by atoms with Gasteiger partial charge in [-0.3, -0.25) is 20.2 Å². The second-order valence-electron chi connectivity index (χ2n) is 3.12. The van der Waals surface area contributed by atoms with Crippen LogP contribution in [0.25, 0.3) is 0 Å². The minimum absolute atomic E-state index is 0.0768. The first-order valence-electron chi connectivity index (χ1n) is 4.76. The molecule has 94 valence electrons. The lowest BCUT2D eigenvalue weighted by atomic mass is 10.2. The molecule has 0 spiro atoms. The molecule has 1 aromatic rings. The minimum atomic E-state index is -0.924. The summed E-state index contributed by atoms with van der Waals surface area (Å²) in [6.45, 7) is -0.807. The smallest absolute Gasteiger partial charge is 0.347 e. The van der Waals surface area contributed by atoms with E-state index in [1.54, 1.807) is 5.32 Å². The number of rotatable bonds is 3. The highest BCUT2D eigenvalue weighted by Gasteiger charge is 2.04. The van der Waals surface area contributed by atoms with E-state index in [-0.39, 0.29) is 5.69 Å². The largest absolute Gasteiger partial charge is 0.387 e. The lowest BCUT2D eigenvalue weighted by Gasteiger charge is -1.96. The van der Waals surface area contributed by atoms with Gasteiger partial charge in [-0.25, -0.2) is 9.79 Å². The number of aliphatic hydroxyl groups excluding tert-OH is 1. The van der Waals surface area contributed by atoms with Gasteiger partial charge in [0, 0.05) is 18.3 Å². The standard InChI is InChI=1S/C10H9N3O5/c14-6-9(15)12-10(16)11-5-7-1-3-8(4-2-7)13(17)18/h1-5,14H,6H2,(H,12,15,16). The Morgan fingerprint density at radius 1 is 1.39 bits per heavy atom. The van der Waals surface area contributed by atoms with Crippen molar-refractivity contribution in [3.63, 3.8) is 0 Å². The molecule has 1 rings (SSSR count). The monoisotopic (exact) mass is 251 g/mol. The molecule has 0 fully saturated rings. The van der Waals surface area contributed by atoms with Crippen LogP contribution in [0.5, 0.6) is 0 Å². The summed E-state index contributed by atoms with van der Waals surface area (Å²) in [7, 11) is 0. The van der Waals surface area contributed by atoms with E-state index in [0.717, 1.165) is 6.21 Å². The van der Waals surface area contributed by atoms with Crippen molar-refractivity contribution in [2.24, 2.45) is 4.99 Å². The van der Waals surface area contributed by atoms with Gasteiger partial charge in [-0.2, -0.15) is 0 Å². The molecule has 0 unspecified atom stereocenters. The summed E-state index contributed by atoms with van der Waals surface area (Å²) in [4.78, 5) is 34.8. The molecule has 0 atom stereocenters. The fraction of sp³-hybridized carbons (Fsp3) is 0.100. The van der Waals surface area contributed by atoms with Crippen molar-refractivity contribution in [3.8, 4) is 0 Å². The Morgan fingerprint density at radius 2 is 2.00 bits per heavy atom. The molecular formula is C10H9N3O5. The molecule has 0 aliphatic carbocycles. The van der Waals surface area contributed by atoms with Crippen LogP contribution in [0.4, 0.5) is 10.5 Å². The Morgan fingerprint density at radius 3 is 2.50 bits per heavy atom. The number of amides is 3. The lowest BCUT2D eigenvalue weighted by Crippen LogP contribution is -2.30. The summed E-state index contributed by atoms with van der Waals surface area (Å²) in [5, 5.41) is 20.5. The third kappa shape index (κ3) is 4.10. The van der Waals surface area contributed by atoms with Crippen molar-refractivity contribution in [2.75, 3.05) is 6.61 Å². The number of urea groups is 1. The zero-order chi connectivity index (χ0) is 13.5. The zero-order valence-corrected chi connectivity index (χ0v) is 9.07. The van der Waals surface area contributed by atoms with Crippen molar-refractivity contribution in [3.05, 3.63) is 39.9 Å². The SMILES string of the molecule is O=C(CO)NC(=O)N=Cc1ccc([N+](=O)[O-])cc1. The average Bonchev–Trinajstić information content (AvgIpc) is 2.36. The zero-order valence-electron chi connectivity index (χ0n) is 9.07. The maximum absolute atomic E-state index is 11.0. The first kappa shape index (κ1) is 13.5. The summed E-state index contributed by atoms with van der Waals surface area (Å²) in [5.74, 6) is -0.860. The Kier molecular flexibility index (Phi) is 4.64. The number of nitro benzene ring substituents is 1. The number of aliphatic imine (C=N–C) groups is 1. The lowest BCUT2D eigenvalue weighted by molar-refractivity contribution is -0.384.